The Morgan fingerprint density at radius 1 is 0.733 bits per heavy atom. The van der Waals surface area contributed by atoms with E-state index in [2.05, 4.69) is 20.6 Å². The summed E-state index contributed by atoms with van der Waals surface area (Å²) in [7, 11) is 0. The van der Waals surface area contributed by atoms with Crippen LogP contribution < -0.4 is 10.6 Å². The van der Waals surface area contributed by atoms with E-state index in [0.717, 1.165) is 16.3 Å². The molecule has 0 aliphatic carbocycles. The maximum absolute atomic E-state index is 12.3. The molecule has 0 spiro atoms. The van der Waals surface area contributed by atoms with Gasteiger partial charge in [-0.05, 0) is 59.5 Å². The second kappa shape index (κ2) is 8.79. The summed E-state index contributed by atoms with van der Waals surface area (Å²) in [5.41, 5.74) is 2.74. The van der Waals surface area contributed by atoms with Gasteiger partial charge in [-0.15, -0.1) is 0 Å². The van der Waals surface area contributed by atoms with Gasteiger partial charge in [-0.1, -0.05) is 18.2 Å². The Morgan fingerprint density at radius 3 is 2.30 bits per heavy atom. The number of aromatic nitrogens is 2. The summed E-state index contributed by atoms with van der Waals surface area (Å²) in [6.07, 6.45) is 9.89. The lowest BCUT2D eigenvalue weighted by molar-refractivity contribution is -0.111. The molecule has 4 rings (SSSR count). The zero-order valence-electron chi connectivity index (χ0n) is 15.9. The molecule has 0 saturated heterocycles. The Balaban J connectivity index is 1.37. The molecule has 2 aromatic heterocycles. The van der Waals surface area contributed by atoms with Crippen molar-refractivity contribution in [3.63, 3.8) is 0 Å². The minimum Gasteiger partial charge on any atom is -0.322 e. The summed E-state index contributed by atoms with van der Waals surface area (Å²) < 4.78 is 0. The van der Waals surface area contributed by atoms with E-state index >= 15 is 0 Å². The van der Waals surface area contributed by atoms with E-state index in [1.165, 1.54) is 6.08 Å². The van der Waals surface area contributed by atoms with E-state index in [4.69, 9.17) is 0 Å². The van der Waals surface area contributed by atoms with Crippen molar-refractivity contribution >= 4 is 40.0 Å². The number of benzene rings is 2. The monoisotopic (exact) mass is 394 g/mol. The van der Waals surface area contributed by atoms with Crippen molar-refractivity contribution in [3.05, 3.63) is 103 Å². The number of carbonyl (C=O) groups is 2. The molecule has 2 amide bonds. The highest BCUT2D eigenvalue weighted by atomic mass is 16.2. The number of anilines is 2. The van der Waals surface area contributed by atoms with Gasteiger partial charge in [-0.2, -0.15) is 0 Å². The highest BCUT2D eigenvalue weighted by Gasteiger charge is 2.05. The lowest BCUT2D eigenvalue weighted by Crippen LogP contribution is -2.11. The molecule has 2 heterocycles. The van der Waals surface area contributed by atoms with Gasteiger partial charge in [0.2, 0.25) is 5.91 Å². The minimum atomic E-state index is -0.233. The maximum atomic E-state index is 12.3. The summed E-state index contributed by atoms with van der Waals surface area (Å²) in [6.45, 7) is 0. The topological polar surface area (TPSA) is 84.0 Å². The number of nitrogens with zero attached hydrogens (tertiary/aromatic N) is 2. The third-order valence-electron chi connectivity index (χ3n) is 4.45. The number of pyridine rings is 2. The van der Waals surface area contributed by atoms with Crippen molar-refractivity contribution in [1.29, 1.82) is 0 Å². The molecule has 2 aromatic carbocycles. The van der Waals surface area contributed by atoms with Gasteiger partial charge in [0, 0.05) is 53.2 Å². The number of amides is 2. The zero-order valence-corrected chi connectivity index (χ0v) is 15.9. The summed E-state index contributed by atoms with van der Waals surface area (Å²) in [5, 5.41) is 7.67. The maximum Gasteiger partial charge on any atom is 0.255 e. The lowest BCUT2D eigenvalue weighted by atomic mass is 10.1. The predicted molar refractivity (Wildman–Crippen MR) is 118 cm³/mol. The highest BCUT2D eigenvalue weighted by molar-refractivity contribution is 6.05. The quantitative estimate of drug-likeness (QED) is 0.487. The smallest absolute Gasteiger partial charge is 0.255 e. The molecule has 30 heavy (non-hydrogen) atoms. The number of rotatable bonds is 5. The molecule has 0 bridgehead atoms. The minimum absolute atomic E-state index is 0.207. The second-order valence-corrected chi connectivity index (χ2v) is 6.57. The van der Waals surface area contributed by atoms with Crippen molar-refractivity contribution in [2.75, 3.05) is 10.6 Å². The Morgan fingerprint density at radius 2 is 1.50 bits per heavy atom. The van der Waals surface area contributed by atoms with Crippen LogP contribution in [0, 0.1) is 0 Å². The van der Waals surface area contributed by atoms with E-state index in [0.29, 0.717) is 16.9 Å². The van der Waals surface area contributed by atoms with Gasteiger partial charge >= 0.3 is 0 Å². The normalized spacial score (nSPS) is 10.8. The van der Waals surface area contributed by atoms with E-state index < -0.39 is 0 Å². The molecular weight excluding hydrogens is 376 g/mol. The molecule has 0 radical (unpaired) electrons. The molecule has 146 valence electrons. The van der Waals surface area contributed by atoms with Crippen LogP contribution in [0.4, 0.5) is 11.4 Å². The Labute approximate surface area is 173 Å². The lowest BCUT2D eigenvalue weighted by Gasteiger charge is -2.05. The fourth-order valence-corrected chi connectivity index (χ4v) is 2.90. The Kier molecular flexibility index (Phi) is 5.57. The van der Waals surface area contributed by atoms with Crippen LogP contribution >= 0.6 is 0 Å². The van der Waals surface area contributed by atoms with Crippen LogP contribution in [-0.2, 0) is 4.79 Å². The molecule has 0 atom stereocenters. The van der Waals surface area contributed by atoms with Crippen LogP contribution in [0.3, 0.4) is 0 Å². The van der Waals surface area contributed by atoms with Gasteiger partial charge in [0.05, 0.1) is 0 Å². The molecule has 2 N–H and O–H groups in total. The van der Waals surface area contributed by atoms with Gasteiger partial charge in [0.15, 0.2) is 0 Å². The SMILES string of the molecule is O=C(/C=C/c1ccc(C(=O)Nc2ccncc2)cc1)Nc1ccc2cnccc2c1. The van der Waals surface area contributed by atoms with Gasteiger partial charge in [0.1, 0.15) is 0 Å². The zero-order chi connectivity index (χ0) is 20.8. The van der Waals surface area contributed by atoms with Gasteiger partial charge < -0.3 is 10.6 Å². The molecule has 0 aliphatic rings. The number of hydrogen-bond acceptors (Lipinski definition) is 4. The van der Waals surface area contributed by atoms with E-state index in [1.807, 2.05) is 24.3 Å². The standard InChI is InChI=1S/C24H18N4O2/c29-23(27-22-7-6-20-16-26-12-9-19(20)15-22)8-3-17-1-4-18(5-2-17)24(30)28-21-10-13-25-14-11-21/h1-16H,(H,27,29)(H,25,28,30)/b8-3+. The van der Waals surface area contributed by atoms with E-state index in [1.54, 1.807) is 67.3 Å². The first-order valence-electron chi connectivity index (χ1n) is 9.32. The first-order chi connectivity index (χ1) is 14.7. The van der Waals surface area contributed by atoms with Crippen molar-refractivity contribution in [3.8, 4) is 0 Å². The summed E-state index contributed by atoms with van der Waals surface area (Å²) >= 11 is 0. The van der Waals surface area contributed by atoms with Crippen molar-refractivity contribution in [1.82, 2.24) is 9.97 Å². The van der Waals surface area contributed by atoms with Gasteiger partial charge in [0.25, 0.3) is 5.91 Å². The third-order valence-corrected chi connectivity index (χ3v) is 4.45. The largest absolute Gasteiger partial charge is 0.322 e. The van der Waals surface area contributed by atoms with Crippen molar-refractivity contribution < 1.29 is 9.59 Å². The molecular formula is C24H18N4O2. The fourth-order valence-electron chi connectivity index (χ4n) is 2.90. The Bertz CT molecular complexity index is 1220. The average Bonchev–Trinajstić information content (AvgIpc) is 2.78. The second-order valence-electron chi connectivity index (χ2n) is 6.57. The highest BCUT2D eigenvalue weighted by Crippen LogP contribution is 2.18. The summed E-state index contributed by atoms with van der Waals surface area (Å²) in [4.78, 5) is 32.5. The predicted octanol–water partition coefficient (Wildman–Crippen LogP) is 4.53. The van der Waals surface area contributed by atoms with Crippen LogP contribution in [0.2, 0.25) is 0 Å². The van der Waals surface area contributed by atoms with Crippen LogP contribution in [0.5, 0.6) is 0 Å². The van der Waals surface area contributed by atoms with Crippen LogP contribution in [0.25, 0.3) is 16.8 Å². The van der Waals surface area contributed by atoms with Crippen LogP contribution in [-0.4, -0.2) is 21.8 Å². The fraction of sp³-hybridized carbons (Fsp3) is 0. The van der Waals surface area contributed by atoms with Crippen LogP contribution in [0.1, 0.15) is 15.9 Å². The number of nitrogens with one attached hydrogen (secondary N) is 2. The van der Waals surface area contributed by atoms with Crippen molar-refractivity contribution in [2.24, 2.45) is 0 Å². The number of carbonyl (C=O) groups excluding carboxylic acids is 2. The van der Waals surface area contributed by atoms with Gasteiger partial charge in [-0.25, -0.2) is 0 Å². The molecule has 0 saturated carbocycles. The molecule has 0 unspecified atom stereocenters. The number of hydrogen-bond donors (Lipinski definition) is 2. The molecule has 0 aliphatic heterocycles. The van der Waals surface area contributed by atoms with Gasteiger partial charge in [-0.3, -0.25) is 19.6 Å². The Hall–Kier alpha value is -4.32. The average molecular weight is 394 g/mol. The van der Waals surface area contributed by atoms with Crippen molar-refractivity contribution in [2.45, 2.75) is 0 Å². The molecule has 6 heteroatoms. The summed E-state index contributed by atoms with van der Waals surface area (Å²) in [5.74, 6) is -0.441. The first-order valence-corrected chi connectivity index (χ1v) is 9.32. The molecule has 6 nitrogen and oxygen atoms in total. The third kappa shape index (κ3) is 4.74. The van der Waals surface area contributed by atoms with Crippen LogP contribution in [0.15, 0.2) is 91.5 Å². The molecule has 0 fully saturated rings. The summed E-state index contributed by atoms with van der Waals surface area (Å²) in [6, 6.07) is 18.0. The number of fused-ring (bicyclic) bond motifs is 1. The molecule has 4 aromatic rings. The van der Waals surface area contributed by atoms with E-state index in [-0.39, 0.29) is 11.8 Å². The van der Waals surface area contributed by atoms with E-state index in [9.17, 15) is 9.59 Å². The first kappa shape index (κ1) is 19.0.